The molecule has 0 aliphatic heterocycles. The Morgan fingerprint density at radius 3 is 2.31 bits per heavy atom. The second kappa shape index (κ2) is 10.9. The molecule has 0 radical (unpaired) electrons. The highest BCUT2D eigenvalue weighted by molar-refractivity contribution is 7.92. The predicted octanol–water partition coefficient (Wildman–Crippen LogP) is 5.40. The van der Waals surface area contributed by atoms with Gasteiger partial charge in [0, 0.05) is 12.1 Å². The third kappa shape index (κ3) is 6.61. The summed E-state index contributed by atoms with van der Waals surface area (Å²) in [4.78, 5) is 25.3. The summed E-state index contributed by atoms with van der Waals surface area (Å²) in [7, 11) is -4.07. The summed E-state index contributed by atoms with van der Waals surface area (Å²) in [6, 6.07) is 15.9. The molecule has 3 aromatic rings. The predicted molar refractivity (Wildman–Crippen MR) is 140 cm³/mol. The van der Waals surface area contributed by atoms with Gasteiger partial charge in [-0.3, -0.25) is 14.3 Å². The lowest BCUT2D eigenvalue weighted by atomic mass is 10.1. The van der Waals surface area contributed by atoms with Crippen LogP contribution in [0.25, 0.3) is 0 Å². The molecule has 0 spiro atoms. The molecule has 184 valence electrons. The number of carbonyl (C=O) groups excluding carboxylic acids is 2. The third-order valence-electron chi connectivity index (χ3n) is 5.20. The van der Waals surface area contributed by atoms with E-state index in [1.807, 2.05) is 26.8 Å². The minimum Gasteiger partial charge on any atom is -0.352 e. The topological polar surface area (TPSA) is 104 Å². The first-order valence-corrected chi connectivity index (χ1v) is 12.9. The van der Waals surface area contributed by atoms with Gasteiger partial charge in [-0.15, -0.1) is 0 Å². The lowest BCUT2D eigenvalue weighted by molar-refractivity contribution is 0.0950. The van der Waals surface area contributed by atoms with Crippen LogP contribution >= 0.6 is 11.6 Å². The van der Waals surface area contributed by atoms with Gasteiger partial charge >= 0.3 is 0 Å². The Bertz CT molecular complexity index is 1370. The number of carbonyl (C=O) groups is 2. The normalized spacial score (nSPS) is 11.3. The number of halogens is 1. The van der Waals surface area contributed by atoms with Gasteiger partial charge in [0.25, 0.3) is 21.8 Å². The zero-order valence-corrected chi connectivity index (χ0v) is 21.5. The highest BCUT2D eigenvalue weighted by Crippen LogP contribution is 2.27. The molecule has 0 aliphatic rings. The van der Waals surface area contributed by atoms with E-state index in [4.69, 9.17) is 11.6 Å². The number of nitrogens with one attached hydrogen (secondary N) is 3. The fourth-order valence-electron chi connectivity index (χ4n) is 3.36. The van der Waals surface area contributed by atoms with E-state index in [-0.39, 0.29) is 27.3 Å². The maximum absolute atomic E-state index is 13.1. The van der Waals surface area contributed by atoms with Gasteiger partial charge in [0.15, 0.2) is 0 Å². The fraction of sp³-hybridized carbons (Fsp3) is 0.231. The SMILES string of the molecule is Cc1ccc(NS(=O)(=O)c2cc(C(=O)Nc3ccccc3C(=O)NCC(C)C)ccc2Cl)c(C)c1. The molecule has 3 N–H and O–H groups in total. The second-order valence-corrected chi connectivity index (χ2v) is 10.7. The average molecular weight is 514 g/mol. The lowest BCUT2D eigenvalue weighted by Crippen LogP contribution is -2.28. The number of sulfonamides is 1. The summed E-state index contributed by atoms with van der Waals surface area (Å²) < 4.78 is 28.7. The molecule has 0 bridgehead atoms. The first-order valence-electron chi connectivity index (χ1n) is 11.1. The Morgan fingerprint density at radius 2 is 1.63 bits per heavy atom. The van der Waals surface area contributed by atoms with E-state index in [1.165, 1.54) is 18.2 Å². The highest BCUT2D eigenvalue weighted by atomic mass is 35.5. The summed E-state index contributed by atoms with van der Waals surface area (Å²) in [6.07, 6.45) is 0. The van der Waals surface area contributed by atoms with Crippen molar-refractivity contribution in [2.75, 3.05) is 16.6 Å². The van der Waals surface area contributed by atoms with Crippen LogP contribution in [-0.4, -0.2) is 26.8 Å². The van der Waals surface area contributed by atoms with Crippen LogP contribution in [0.4, 0.5) is 11.4 Å². The molecule has 2 amide bonds. The van der Waals surface area contributed by atoms with Gasteiger partial charge in [0.2, 0.25) is 0 Å². The molecule has 0 aromatic heterocycles. The molecule has 7 nitrogen and oxygen atoms in total. The van der Waals surface area contributed by atoms with E-state index in [2.05, 4.69) is 15.4 Å². The van der Waals surface area contributed by atoms with Gasteiger partial charge < -0.3 is 10.6 Å². The van der Waals surface area contributed by atoms with Crippen molar-refractivity contribution in [1.82, 2.24) is 5.32 Å². The highest BCUT2D eigenvalue weighted by Gasteiger charge is 2.22. The van der Waals surface area contributed by atoms with Crippen molar-refractivity contribution >= 4 is 44.8 Å². The van der Waals surface area contributed by atoms with Crippen molar-refractivity contribution in [3.05, 3.63) is 87.9 Å². The summed E-state index contributed by atoms with van der Waals surface area (Å²) in [5.74, 6) is -0.618. The van der Waals surface area contributed by atoms with Crippen molar-refractivity contribution in [2.24, 2.45) is 5.92 Å². The van der Waals surface area contributed by atoms with Gasteiger partial charge in [0.1, 0.15) is 4.90 Å². The quantitative estimate of drug-likeness (QED) is 0.375. The maximum atomic E-state index is 13.1. The lowest BCUT2D eigenvalue weighted by Gasteiger charge is -2.14. The average Bonchev–Trinajstić information content (AvgIpc) is 2.79. The molecule has 9 heteroatoms. The number of anilines is 2. The molecule has 0 heterocycles. The minimum absolute atomic E-state index is 0.0210. The number of aryl methyl sites for hydroxylation is 2. The van der Waals surface area contributed by atoms with Crippen LogP contribution in [0.5, 0.6) is 0 Å². The molecule has 3 rings (SSSR count). The van der Waals surface area contributed by atoms with Crippen molar-refractivity contribution in [3.8, 4) is 0 Å². The second-order valence-electron chi connectivity index (χ2n) is 8.67. The molecule has 35 heavy (non-hydrogen) atoms. The van der Waals surface area contributed by atoms with Gasteiger partial charge in [-0.1, -0.05) is 55.3 Å². The van der Waals surface area contributed by atoms with E-state index in [0.717, 1.165) is 11.1 Å². The van der Waals surface area contributed by atoms with E-state index >= 15 is 0 Å². The molecular weight excluding hydrogens is 486 g/mol. The summed E-state index contributed by atoms with van der Waals surface area (Å²) in [6.45, 7) is 8.17. The van der Waals surface area contributed by atoms with Crippen LogP contribution in [-0.2, 0) is 10.0 Å². The van der Waals surface area contributed by atoms with Gasteiger partial charge in [0.05, 0.1) is 22.0 Å². The summed E-state index contributed by atoms with van der Waals surface area (Å²) in [5.41, 5.74) is 2.87. The van der Waals surface area contributed by atoms with Gasteiger partial charge in [-0.05, 0) is 61.7 Å². The van der Waals surface area contributed by atoms with Crippen LogP contribution in [0.3, 0.4) is 0 Å². The first kappa shape index (κ1) is 26.2. The molecule has 0 unspecified atom stereocenters. The number of hydrogen-bond donors (Lipinski definition) is 3. The van der Waals surface area contributed by atoms with Gasteiger partial charge in [-0.2, -0.15) is 0 Å². The number of benzene rings is 3. The standard InChI is InChI=1S/C26H28ClN3O4S/c1-16(2)15-28-26(32)20-7-5-6-8-23(20)29-25(31)19-10-11-21(27)24(14-19)35(33,34)30-22-12-9-17(3)13-18(22)4/h5-14,16,30H,15H2,1-4H3,(H,28,32)(H,29,31). The van der Waals surface area contributed by atoms with E-state index in [0.29, 0.717) is 23.5 Å². The minimum atomic E-state index is -4.07. The van der Waals surface area contributed by atoms with Crippen LogP contribution in [0.1, 0.15) is 45.7 Å². The number of rotatable bonds is 8. The maximum Gasteiger partial charge on any atom is 0.263 e. The number of amides is 2. The monoisotopic (exact) mass is 513 g/mol. The van der Waals surface area contributed by atoms with Crippen molar-refractivity contribution in [2.45, 2.75) is 32.6 Å². The third-order valence-corrected chi connectivity index (χ3v) is 7.05. The van der Waals surface area contributed by atoms with E-state index in [9.17, 15) is 18.0 Å². The van der Waals surface area contributed by atoms with Crippen LogP contribution < -0.4 is 15.4 Å². The first-order chi connectivity index (χ1) is 16.5. The fourth-order valence-corrected chi connectivity index (χ4v) is 5.01. The summed E-state index contributed by atoms with van der Waals surface area (Å²) >= 11 is 6.20. The van der Waals surface area contributed by atoms with E-state index < -0.39 is 15.9 Å². The molecule has 0 saturated heterocycles. The molecule has 0 fully saturated rings. The Morgan fingerprint density at radius 1 is 0.914 bits per heavy atom. The van der Waals surface area contributed by atoms with Crippen LogP contribution in [0, 0.1) is 19.8 Å². The molecule has 0 saturated carbocycles. The molecule has 0 atom stereocenters. The number of para-hydroxylation sites is 1. The van der Waals surface area contributed by atoms with Crippen molar-refractivity contribution in [3.63, 3.8) is 0 Å². The largest absolute Gasteiger partial charge is 0.352 e. The zero-order chi connectivity index (χ0) is 25.8. The van der Waals surface area contributed by atoms with Crippen LogP contribution in [0.2, 0.25) is 5.02 Å². The zero-order valence-electron chi connectivity index (χ0n) is 20.0. The smallest absolute Gasteiger partial charge is 0.263 e. The van der Waals surface area contributed by atoms with Crippen molar-refractivity contribution < 1.29 is 18.0 Å². The van der Waals surface area contributed by atoms with Crippen LogP contribution in [0.15, 0.2) is 65.6 Å². The molecule has 3 aromatic carbocycles. The Labute approximate surface area is 211 Å². The Hall–Kier alpha value is -3.36. The molecular formula is C26H28ClN3O4S. The molecule has 0 aliphatic carbocycles. The van der Waals surface area contributed by atoms with E-state index in [1.54, 1.807) is 43.3 Å². The summed E-state index contributed by atoms with van der Waals surface area (Å²) in [5, 5.41) is 5.50. The van der Waals surface area contributed by atoms with Gasteiger partial charge in [-0.25, -0.2) is 8.42 Å². The Balaban J connectivity index is 1.86. The van der Waals surface area contributed by atoms with Crippen molar-refractivity contribution in [1.29, 1.82) is 0 Å². The number of hydrogen-bond acceptors (Lipinski definition) is 4. The Kier molecular flexibility index (Phi) is 8.19.